The highest BCUT2D eigenvalue weighted by atomic mass is 79.9. The monoisotopic (exact) mass is 384 g/mol. The SMILES string of the molecule is Cc1cccc(/C=C2/C(=O)NC(=O)N(c3cccc(Br)c3)C2=O)c1. The molecule has 0 radical (unpaired) electrons. The fraction of sp³-hybridized carbons (Fsp3) is 0.0556. The van der Waals surface area contributed by atoms with E-state index < -0.39 is 17.8 Å². The molecule has 6 heteroatoms. The number of amides is 4. The highest BCUT2D eigenvalue weighted by Gasteiger charge is 2.36. The summed E-state index contributed by atoms with van der Waals surface area (Å²) in [7, 11) is 0. The zero-order valence-corrected chi connectivity index (χ0v) is 14.3. The van der Waals surface area contributed by atoms with Crippen molar-refractivity contribution in [3.8, 4) is 0 Å². The Morgan fingerprint density at radius 1 is 1.04 bits per heavy atom. The van der Waals surface area contributed by atoms with E-state index in [0.717, 1.165) is 20.5 Å². The quantitative estimate of drug-likeness (QED) is 0.637. The zero-order valence-electron chi connectivity index (χ0n) is 12.7. The lowest BCUT2D eigenvalue weighted by atomic mass is 10.1. The first kappa shape index (κ1) is 16.1. The second-order valence-electron chi connectivity index (χ2n) is 5.35. The first-order valence-corrected chi connectivity index (χ1v) is 7.99. The van der Waals surface area contributed by atoms with Crippen LogP contribution in [0.2, 0.25) is 0 Å². The van der Waals surface area contributed by atoms with Crippen LogP contribution in [-0.2, 0) is 9.59 Å². The minimum atomic E-state index is -0.760. The molecule has 4 amide bonds. The average molecular weight is 385 g/mol. The molecule has 1 aliphatic rings. The van der Waals surface area contributed by atoms with Gasteiger partial charge in [0.2, 0.25) is 0 Å². The van der Waals surface area contributed by atoms with Crippen LogP contribution < -0.4 is 10.2 Å². The van der Waals surface area contributed by atoms with Crippen molar-refractivity contribution in [1.29, 1.82) is 0 Å². The third-order valence-electron chi connectivity index (χ3n) is 3.52. The van der Waals surface area contributed by atoms with Crippen LogP contribution in [0.3, 0.4) is 0 Å². The van der Waals surface area contributed by atoms with Gasteiger partial charge in [0.25, 0.3) is 11.8 Å². The fourth-order valence-corrected chi connectivity index (χ4v) is 2.82. The minimum Gasteiger partial charge on any atom is -0.273 e. The molecule has 24 heavy (non-hydrogen) atoms. The molecule has 0 saturated carbocycles. The maximum Gasteiger partial charge on any atom is 0.335 e. The van der Waals surface area contributed by atoms with Gasteiger partial charge in [-0.05, 0) is 36.8 Å². The summed E-state index contributed by atoms with van der Waals surface area (Å²) in [6.45, 7) is 1.92. The molecule has 3 rings (SSSR count). The number of benzene rings is 2. The third-order valence-corrected chi connectivity index (χ3v) is 4.01. The molecule has 0 spiro atoms. The first-order chi connectivity index (χ1) is 11.5. The Hall–Kier alpha value is -2.73. The number of carbonyl (C=O) groups is 3. The molecule has 1 aliphatic heterocycles. The molecular formula is C18H13BrN2O3. The summed E-state index contributed by atoms with van der Waals surface area (Å²) in [5, 5.41) is 2.21. The average Bonchev–Trinajstić information content (AvgIpc) is 2.51. The number of carbonyl (C=O) groups excluding carboxylic acids is 3. The van der Waals surface area contributed by atoms with Gasteiger partial charge in [0.15, 0.2) is 0 Å². The van der Waals surface area contributed by atoms with Crippen molar-refractivity contribution < 1.29 is 14.4 Å². The standard InChI is InChI=1S/C18H13BrN2O3/c1-11-4-2-5-12(8-11)9-15-16(22)20-18(24)21(17(15)23)14-7-3-6-13(19)10-14/h2-10H,1H3,(H,20,22,24)/b15-9-. The van der Waals surface area contributed by atoms with Gasteiger partial charge < -0.3 is 0 Å². The van der Waals surface area contributed by atoms with Crippen LogP contribution in [0.1, 0.15) is 11.1 Å². The van der Waals surface area contributed by atoms with Crippen molar-refractivity contribution in [2.45, 2.75) is 6.92 Å². The van der Waals surface area contributed by atoms with Crippen LogP contribution in [0.15, 0.2) is 58.6 Å². The van der Waals surface area contributed by atoms with Crippen LogP contribution in [0.4, 0.5) is 10.5 Å². The number of aryl methyl sites for hydroxylation is 1. The van der Waals surface area contributed by atoms with E-state index in [1.54, 1.807) is 30.3 Å². The lowest BCUT2D eigenvalue weighted by Gasteiger charge is -2.26. The molecule has 5 nitrogen and oxygen atoms in total. The second kappa shape index (κ2) is 6.41. The van der Waals surface area contributed by atoms with Gasteiger partial charge in [-0.2, -0.15) is 0 Å². The number of nitrogens with one attached hydrogen (secondary N) is 1. The fourth-order valence-electron chi connectivity index (χ4n) is 2.43. The predicted molar refractivity (Wildman–Crippen MR) is 94.3 cm³/mol. The summed E-state index contributed by atoms with van der Waals surface area (Å²) in [6, 6.07) is 13.4. The summed E-state index contributed by atoms with van der Waals surface area (Å²) in [6.07, 6.45) is 1.49. The van der Waals surface area contributed by atoms with Gasteiger partial charge in [-0.3, -0.25) is 14.9 Å². The Bertz CT molecular complexity index is 889. The maximum absolute atomic E-state index is 12.7. The summed E-state index contributed by atoms with van der Waals surface area (Å²) in [5.41, 5.74) is 2.03. The van der Waals surface area contributed by atoms with Crippen molar-refractivity contribution in [2.75, 3.05) is 4.90 Å². The molecule has 0 unspecified atom stereocenters. The molecule has 2 aromatic rings. The Kier molecular flexibility index (Phi) is 4.31. The smallest absolute Gasteiger partial charge is 0.273 e. The molecule has 1 fully saturated rings. The number of nitrogens with zero attached hydrogens (tertiary/aromatic N) is 1. The molecule has 0 aliphatic carbocycles. The highest BCUT2D eigenvalue weighted by molar-refractivity contribution is 9.10. The van der Waals surface area contributed by atoms with E-state index in [4.69, 9.17) is 0 Å². The van der Waals surface area contributed by atoms with Crippen molar-refractivity contribution in [3.63, 3.8) is 0 Å². The molecule has 120 valence electrons. The van der Waals surface area contributed by atoms with Crippen molar-refractivity contribution in [3.05, 3.63) is 69.7 Å². The summed E-state index contributed by atoms with van der Waals surface area (Å²) in [4.78, 5) is 37.9. The number of halogens is 1. The Morgan fingerprint density at radius 2 is 1.79 bits per heavy atom. The van der Waals surface area contributed by atoms with Gasteiger partial charge in [-0.1, -0.05) is 51.8 Å². The maximum atomic E-state index is 12.7. The number of anilines is 1. The molecule has 1 saturated heterocycles. The number of hydrogen-bond acceptors (Lipinski definition) is 3. The van der Waals surface area contributed by atoms with Gasteiger partial charge in [-0.25, -0.2) is 9.69 Å². The van der Waals surface area contributed by atoms with Crippen LogP contribution in [0.5, 0.6) is 0 Å². The summed E-state index contributed by atoms with van der Waals surface area (Å²) in [5.74, 6) is -1.35. The topological polar surface area (TPSA) is 66.5 Å². The molecular weight excluding hydrogens is 372 g/mol. The molecule has 0 atom stereocenters. The van der Waals surface area contributed by atoms with Crippen LogP contribution in [-0.4, -0.2) is 17.8 Å². The van der Waals surface area contributed by atoms with Gasteiger partial charge in [0.1, 0.15) is 5.57 Å². The van der Waals surface area contributed by atoms with Crippen molar-refractivity contribution >= 4 is 45.5 Å². The van der Waals surface area contributed by atoms with Crippen LogP contribution >= 0.6 is 15.9 Å². The van der Waals surface area contributed by atoms with Crippen molar-refractivity contribution in [1.82, 2.24) is 5.32 Å². The Morgan fingerprint density at radius 3 is 2.50 bits per heavy atom. The largest absolute Gasteiger partial charge is 0.335 e. The van der Waals surface area contributed by atoms with Gasteiger partial charge in [-0.15, -0.1) is 0 Å². The Balaban J connectivity index is 2.03. The zero-order chi connectivity index (χ0) is 17.3. The van der Waals surface area contributed by atoms with Gasteiger partial charge in [0.05, 0.1) is 5.69 Å². The number of hydrogen-bond donors (Lipinski definition) is 1. The van der Waals surface area contributed by atoms with E-state index >= 15 is 0 Å². The van der Waals surface area contributed by atoms with E-state index in [9.17, 15) is 14.4 Å². The van der Waals surface area contributed by atoms with E-state index in [1.807, 2.05) is 25.1 Å². The molecule has 2 aromatic carbocycles. The molecule has 1 N–H and O–H groups in total. The summed E-state index contributed by atoms with van der Waals surface area (Å²) < 4.78 is 0.724. The van der Waals surface area contributed by atoms with E-state index in [1.165, 1.54) is 6.08 Å². The lowest BCUT2D eigenvalue weighted by Crippen LogP contribution is -2.54. The Labute approximate surface area is 147 Å². The second-order valence-corrected chi connectivity index (χ2v) is 6.27. The van der Waals surface area contributed by atoms with Crippen LogP contribution in [0, 0.1) is 6.92 Å². The summed E-state index contributed by atoms with van der Waals surface area (Å²) >= 11 is 3.31. The predicted octanol–water partition coefficient (Wildman–Crippen LogP) is 3.42. The normalized spacial score (nSPS) is 16.5. The van der Waals surface area contributed by atoms with Gasteiger partial charge >= 0.3 is 6.03 Å². The first-order valence-electron chi connectivity index (χ1n) is 7.19. The van der Waals surface area contributed by atoms with Gasteiger partial charge in [0, 0.05) is 4.47 Å². The van der Waals surface area contributed by atoms with E-state index in [-0.39, 0.29) is 5.57 Å². The molecule has 0 bridgehead atoms. The van der Waals surface area contributed by atoms with Crippen molar-refractivity contribution in [2.24, 2.45) is 0 Å². The number of imide groups is 2. The number of urea groups is 1. The lowest BCUT2D eigenvalue weighted by molar-refractivity contribution is -0.122. The van der Waals surface area contributed by atoms with E-state index in [0.29, 0.717) is 5.69 Å². The highest BCUT2D eigenvalue weighted by Crippen LogP contribution is 2.24. The number of barbiturate groups is 1. The molecule has 0 aromatic heterocycles. The third kappa shape index (κ3) is 3.14. The minimum absolute atomic E-state index is 0.0832. The van der Waals surface area contributed by atoms with Crippen LogP contribution in [0.25, 0.3) is 6.08 Å². The molecule has 1 heterocycles. The number of rotatable bonds is 2. The van der Waals surface area contributed by atoms with E-state index in [2.05, 4.69) is 21.2 Å².